The number of rotatable bonds is 41. The normalized spacial score (nSPS) is 20.2. The zero-order valence-electron chi connectivity index (χ0n) is 46.8. The van der Waals surface area contributed by atoms with Crippen LogP contribution in [0.5, 0.6) is 0 Å². The Kier molecular flexibility index (Phi) is 36.5. The van der Waals surface area contributed by atoms with Gasteiger partial charge in [0.1, 0.15) is 38.6 Å². The molecule has 4 heterocycles. The molecule has 0 radical (unpaired) electrons. The van der Waals surface area contributed by atoms with Crippen molar-refractivity contribution in [3.05, 3.63) is 0 Å². The number of halogens is 37. The fraction of sp³-hybridized carbons (Fsp3) is 1.00. The summed E-state index contributed by atoms with van der Waals surface area (Å²) in [5.74, 6) is -50.3. The van der Waals surface area contributed by atoms with Crippen LogP contribution in [-0.2, 0) is 66.3 Å². The molecule has 7 unspecified atom stereocenters. The molecule has 0 amide bonds. The fourth-order valence-corrected chi connectivity index (χ4v) is 5.11. The number of aliphatic hydroxyl groups is 2. The molecular formula is C41H46ClF36NaO17. The van der Waals surface area contributed by atoms with Gasteiger partial charge in [-0.15, -0.1) is 11.6 Å². The molecule has 55 heteroatoms. The predicted molar refractivity (Wildman–Crippen MR) is 225 cm³/mol. The number of alkyl halides is 37. The average Bonchev–Trinajstić information content (AvgIpc) is 1.77. The van der Waals surface area contributed by atoms with Crippen LogP contribution in [0, 0.1) is 0 Å². The Bertz CT molecular complexity index is 2080. The number of hydrogen-bond acceptors (Lipinski definition) is 17. The third kappa shape index (κ3) is 27.0. The van der Waals surface area contributed by atoms with Crippen LogP contribution in [0.25, 0.3) is 0 Å². The standard InChI is InChI=1S/C20H20F18O8.C14H12F18O6.C4H8O.C3H5ClO.Na.H2O/c21-11(45-19(35,36)17(31,32)13(23,24)7-39-3-9-5-41-9)15(27,28)43-1-2-44-16(29,30)12(22)46-20(37,38)18(33,34)14(25,26)8-40-4-10-6-42-10;15-5(37-13(29,30)11(25,26)7(17,18)3-33)9(21,22)35-1-2-36-10(23,24)6(16)38-14(31,32)12(27,28)8(19,20)4-34;1-2-4-5-3-1;4-1-3-2-5-3;;/h9-12H,1-8H2;5-6,33-34H,1-4H2;1-4H2;3H,1-2H2;;1H2/q;;;;+1;/p-1. The summed E-state index contributed by atoms with van der Waals surface area (Å²) < 4.78 is 527. The predicted octanol–water partition coefficient (Wildman–Crippen LogP) is 8.18. The Labute approximate surface area is 538 Å². The van der Waals surface area contributed by atoms with Crippen LogP contribution in [0.4, 0.5) is 158 Å². The SMILES string of the molecule is C1CCOC1.ClCC1CO1.FC(OC(F)(F)C(F)(F)C(F)(F)COCC1CO1)C(F)(F)OCCOC(F)(F)C(F)OC(F)(F)C(F)(F)C(F)(F)COCC1CO1.OCC(F)(F)C(F)(F)C(F)(F)OC(F)C(F)(F)OCCOC(F)(F)C(F)OC(F)(F)C(F)(F)C(F)(F)CO.[Na+].[OH-]. The zero-order valence-corrected chi connectivity index (χ0v) is 49.6. The Morgan fingerprint density at radius 2 is 0.573 bits per heavy atom. The maximum absolute atomic E-state index is 13.6. The molecule has 96 heavy (non-hydrogen) atoms. The summed E-state index contributed by atoms with van der Waals surface area (Å²) in [4.78, 5) is 0. The molecule has 0 bridgehead atoms. The van der Waals surface area contributed by atoms with Gasteiger partial charge in [-0.2, -0.15) is 140 Å². The molecule has 0 spiro atoms. The van der Waals surface area contributed by atoms with Crippen LogP contribution in [0.1, 0.15) is 12.8 Å². The van der Waals surface area contributed by atoms with Crippen molar-refractivity contribution in [1.82, 2.24) is 0 Å². The minimum absolute atomic E-state index is 0. The summed E-state index contributed by atoms with van der Waals surface area (Å²) >= 11 is 5.27. The zero-order chi connectivity index (χ0) is 73.7. The molecular weight excluding hydrogens is 1510 g/mol. The molecule has 572 valence electrons. The number of epoxide rings is 3. The Hall–Kier alpha value is -1.91. The van der Waals surface area contributed by atoms with Crippen molar-refractivity contribution in [1.29, 1.82) is 0 Å². The van der Waals surface area contributed by atoms with Crippen molar-refractivity contribution >= 4 is 11.6 Å². The summed E-state index contributed by atoms with van der Waals surface area (Å²) in [7, 11) is 0. The Balaban J connectivity index is 0. The van der Waals surface area contributed by atoms with Crippen LogP contribution < -0.4 is 29.6 Å². The third-order valence-electron chi connectivity index (χ3n) is 10.5. The first-order valence-corrected chi connectivity index (χ1v) is 24.9. The van der Waals surface area contributed by atoms with Gasteiger partial charge in [0.25, 0.3) is 25.4 Å². The van der Waals surface area contributed by atoms with E-state index < -0.39 is 200 Å². The summed E-state index contributed by atoms with van der Waals surface area (Å²) in [6, 6.07) is 0. The van der Waals surface area contributed by atoms with Gasteiger partial charge < -0.3 is 63.1 Å². The molecule has 3 N–H and O–H groups in total. The van der Waals surface area contributed by atoms with E-state index in [1.807, 2.05) is 0 Å². The maximum atomic E-state index is 13.6. The van der Waals surface area contributed by atoms with Gasteiger partial charge in [0.15, 0.2) is 0 Å². The largest absolute Gasteiger partial charge is 1.00 e. The van der Waals surface area contributed by atoms with E-state index >= 15 is 0 Å². The molecule has 0 aromatic rings. The number of ether oxygens (including phenoxy) is 14. The average molecular weight is 1550 g/mol. The molecule has 0 aromatic heterocycles. The molecule has 4 aliphatic heterocycles. The van der Waals surface area contributed by atoms with Crippen LogP contribution in [0.15, 0.2) is 0 Å². The van der Waals surface area contributed by atoms with Crippen LogP contribution >= 0.6 is 11.6 Å². The van der Waals surface area contributed by atoms with E-state index in [0.717, 1.165) is 19.8 Å². The second kappa shape index (κ2) is 36.5. The first-order chi connectivity index (χ1) is 42.1. The summed E-state index contributed by atoms with van der Waals surface area (Å²) in [6.07, 6.45) is -69.6. The second-order valence-electron chi connectivity index (χ2n) is 18.2. The second-order valence-corrected chi connectivity index (χ2v) is 18.6. The van der Waals surface area contributed by atoms with E-state index in [4.69, 9.17) is 31.3 Å². The number of hydrogen-bond donors (Lipinski definition) is 2. The van der Waals surface area contributed by atoms with Crippen molar-refractivity contribution in [2.75, 3.05) is 105 Å². The van der Waals surface area contributed by atoms with Gasteiger partial charge in [-0.1, -0.05) is 0 Å². The van der Waals surface area contributed by atoms with E-state index in [-0.39, 0.29) is 48.2 Å². The number of aliphatic hydroxyl groups excluding tert-OH is 2. The van der Waals surface area contributed by atoms with E-state index in [2.05, 4.69) is 56.8 Å². The van der Waals surface area contributed by atoms with E-state index in [1.165, 1.54) is 12.8 Å². The smallest absolute Gasteiger partial charge is 0.870 e. The van der Waals surface area contributed by atoms with Gasteiger partial charge in [0, 0.05) is 13.2 Å². The van der Waals surface area contributed by atoms with Gasteiger partial charge in [-0.3, -0.25) is 18.9 Å². The Morgan fingerprint density at radius 1 is 0.365 bits per heavy atom. The van der Waals surface area contributed by atoms with E-state index in [0.29, 0.717) is 12.0 Å². The monoisotopic (exact) mass is 1550 g/mol. The quantitative estimate of drug-likeness (QED) is 0.0194. The first-order valence-electron chi connectivity index (χ1n) is 24.4. The minimum Gasteiger partial charge on any atom is -0.870 e. The minimum atomic E-state index is -6.82. The van der Waals surface area contributed by atoms with Gasteiger partial charge in [-0.05, 0) is 12.8 Å². The van der Waals surface area contributed by atoms with Crippen molar-refractivity contribution in [2.24, 2.45) is 0 Å². The molecule has 0 aliphatic carbocycles. The van der Waals surface area contributed by atoms with E-state index in [9.17, 15) is 158 Å². The molecule has 4 saturated heterocycles. The van der Waals surface area contributed by atoms with Gasteiger partial charge in [-0.25, -0.2) is 17.6 Å². The summed E-state index contributed by atoms with van der Waals surface area (Å²) in [5.41, 5.74) is 0. The Morgan fingerprint density at radius 3 is 0.729 bits per heavy atom. The van der Waals surface area contributed by atoms with Gasteiger partial charge in [0.2, 0.25) is 0 Å². The summed E-state index contributed by atoms with van der Waals surface area (Å²) in [6.45, 7) is -18.6. The van der Waals surface area contributed by atoms with Gasteiger partial charge >= 0.3 is 126 Å². The first kappa shape index (κ1) is 96.1. The van der Waals surface area contributed by atoms with Crippen molar-refractivity contribution in [3.63, 3.8) is 0 Å². The van der Waals surface area contributed by atoms with Crippen molar-refractivity contribution in [2.45, 2.75) is 153 Å². The van der Waals surface area contributed by atoms with Gasteiger partial charge in [0.05, 0.1) is 71.4 Å². The van der Waals surface area contributed by atoms with Crippen LogP contribution in [0.2, 0.25) is 0 Å². The molecule has 4 rings (SSSR count). The molecule has 0 saturated carbocycles. The molecule has 0 aromatic carbocycles. The molecule has 4 fully saturated rings. The maximum Gasteiger partial charge on any atom is 1.00 e. The molecule has 7 atom stereocenters. The van der Waals surface area contributed by atoms with Crippen LogP contribution in [0.3, 0.4) is 0 Å². The third-order valence-corrected chi connectivity index (χ3v) is 10.8. The van der Waals surface area contributed by atoms with Crippen molar-refractivity contribution in [3.8, 4) is 0 Å². The topological polar surface area (TPSA) is 210 Å². The van der Waals surface area contributed by atoms with Crippen molar-refractivity contribution < 1.29 is 270 Å². The molecule has 17 nitrogen and oxygen atoms in total. The molecule has 4 aliphatic rings. The summed E-state index contributed by atoms with van der Waals surface area (Å²) in [5, 5.41) is 15.9. The fourth-order valence-electron chi connectivity index (χ4n) is 4.93. The van der Waals surface area contributed by atoms with Crippen LogP contribution in [-0.4, -0.2) is 261 Å². The van der Waals surface area contributed by atoms with E-state index in [1.54, 1.807) is 0 Å².